The molecule has 3 atom stereocenters. The minimum Gasteiger partial charge on any atom is -0.393 e. The van der Waals surface area contributed by atoms with Crippen molar-refractivity contribution in [3.8, 4) is 0 Å². The minimum atomic E-state index is -0.271. The summed E-state index contributed by atoms with van der Waals surface area (Å²) in [6, 6.07) is 20.8. The van der Waals surface area contributed by atoms with E-state index in [2.05, 4.69) is 33.7 Å². The first kappa shape index (κ1) is 19.4. The van der Waals surface area contributed by atoms with Gasteiger partial charge in [-0.3, -0.25) is 4.79 Å². The Balaban J connectivity index is 1.50. The Labute approximate surface area is 178 Å². The van der Waals surface area contributed by atoms with Gasteiger partial charge in [-0.15, -0.1) is 0 Å². The number of carbonyl (C=O) groups excluding carboxylic acids is 1. The third-order valence-electron chi connectivity index (χ3n) is 7.05. The molecule has 1 amide bonds. The average molecular weight is 403 g/mol. The third kappa shape index (κ3) is 3.54. The molecule has 2 fully saturated rings. The minimum absolute atomic E-state index is 0.113. The van der Waals surface area contributed by atoms with Crippen molar-refractivity contribution in [1.82, 2.24) is 9.47 Å². The molecule has 1 aliphatic heterocycles. The average Bonchev–Trinajstić information content (AvgIpc) is 3.40. The molecule has 0 spiro atoms. The number of likely N-dealkylation sites (tertiary alicyclic amines) is 1. The molecule has 3 aromatic rings. The Morgan fingerprint density at radius 3 is 2.53 bits per heavy atom. The maximum Gasteiger partial charge on any atom is 0.270 e. The van der Waals surface area contributed by atoms with Crippen molar-refractivity contribution in [3.05, 3.63) is 71.9 Å². The van der Waals surface area contributed by atoms with E-state index in [9.17, 15) is 9.90 Å². The predicted octanol–water partition coefficient (Wildman–Crippen LogP) is 4.85. The third-order valence-corrected chi connectivity index (χ3v) is 7.05. The van der Waals surface area contributed by atoms with Crippen LogP contribution in [-0.4, -0.2) is 39.2 Å². The van der Waals surface area contributed by atoms with Crippen molar-refractivity contribution in [2.45, 2.75) is 57.2 Å². The zero-order valence-corrected chi connectivity index (χ0v) is 17.4. The lowest BCUT2D eigenvalue weighted by Gasteiger charge is -2.37. The van der Waals surface area contributed by atoms with Crippen molar-refractivity contribution >= 4 is 16.8 Å². The summed E-state index contributed by atoms with van der Waals surface area (Å²) < 4.78 is 2.17. The summed E-state index contributed by atoms with van der Waals surface area (Å²) in [5.41, 5.74) is 3.05. The second kappa shape index (κ2) is 8.27. The number of aliphatic hydroxyl groups is 1. The molecule has 1 aromatic heterocycles. The number of hydrogen-bond acceptors (Lipinski definition) is 2. The van der Waals surface area contributed by atoms with E-state index in [4.69, 9.17) is 0 Å². The number of nitrogens with zero attached hydrogens (tertiary/aromatic N) is 2. The largest absolute Gasteiger partial charge is 0.393 e. The highest BCUT2D eigenvalue weighted by atomic mass is 16.3. The predicted molar refractivity (Wildman–Crippen MR) is 120 cm³/mol. The van der Waals surface area contributed by atoms with E-state index in [1.54, 1.807) is 0 Å². The summed E-state index contributed by atoms with van der Waals surface area (Å²) in [7, 11) is 0. The van der Waals surface area contributed by atoms with Gasteiger partial charge in [0.25, 0.3) is 5.91 Å². The SMILES string of the molecule is O=C(c1cc2ccccc2n1Cc1ccccc1)N1CCC[C@@H]1[C@@H]1CCCC[C@H]1O. The Kier molecular flexibility index (Phi) is 5.34. The van der Waals surface area contributed by atoms with Crippen molar-refractivity contribution < 1.29 is 9.90 Å². The molecule has 2 aliphatic rings. The van der Waals surface area contributed by atoms with Gasteiger partial charge in [-0.1, -0.05) is 61.4 Å². The quantitative estimate of drug-likeness (QED) is 0.678. The molecular formula is C26H30N2O2. The molecule has 0 unspecified atom stereocenters. The first-order chi connectivity index (χ1) is 14.7. The molecule has 0 radical (unpaired) electrons. The van der Waals surface area contributed by atoms with Crippen molar-refractivity contribution in [2.24, 2.45) is 5.92 Å². The number of amides is 1. The number of fused-ring (bicyclic) bond motifs is 1. The van der Waals surface area contributed by atoms with Gasteiger partial charge in [0.2, 0.25) is 0 Å². The van der Waals surface area contributed by atoms with Crippen LogP contribution >= 0.6 is 0 Å². The van der Waals surface area contributed by atoms with E-state index in [0.717, 1.165) is 61.7 Å². The van der Waals surface area contributed by atoms with E-state index in [0.29, 0.717) is 6.54 Å². The van der Waals surface area contributed by atoms with Gasteiger partial charge in [-0.2, -0.15) is 0 Å². The lowest BCUT2D eigenvalue weighted by atomic mass is 9.80. The smallest absolute Gasteiger partial charge is 0.270 e. The zero-order chi connectivity index (χ0) is 20.5. The standard InChI is InChI=1S/C26H30N2O2/c29-25-15-7-5-12-21(25)23-14-8-16-27(23)26(30)24-17-20-11-4-6-13-22(20)28(24)18-19-9-2-1-3-10-19/h1-4,6,9-11,13,17,21,23,25,29H,5,7-8,12,14-16,18H2/t21-,23+,25+/m0/s1. The fraction of sp³-hybridized carbons (Fsp3) is 0.423. The van der Waals surface area contributed by atoms with Gasteiger partial charge in [-0.25, -0.2) is 0 Å². The van der Waals surface area contributed by atoms with Gasteiger partial charge < -0.3 is 14.6 Å². The van der Waals surface area contributed by atoms with Crippen molar-refractivity contribution in [1.29, 1.82) is 0 Å². The van der Waals surface area contributed by atoms with Crippen LogP contribution < -0.4 is 0 Å². The number of aromatic nitrogens is 1. The fourth-order valence-corrected chi connectivity index (χ4v) is 5.55. The fourth-order valence-electron chi connectivity index (χ4n) is 5.55. The molecule has 4 heteroatoms. The molecular weight excluding hydrogens is 372 g/mol. The summed E-state index contributed by atoms with van der Waals surface area (Å²) in [6.07, 6.45) is 5.93. The van der Waals surface area contributed by atoms with Crippen LogP contribution in [0.15, 0.2) is 60.7 Å². The van der Waals surface area contributed by atoms with E-state index in [1.165, 1.54) is 5.56 Å². The first-order valence-corrected chi connectivity index (χ1v) is 11.3. The van der Waals surface area contributed by atoms with Gasteiger partial charge >= 0.3 is 0 Å². The second-order valence-corrected chi connectivity index (χ2v) is 8.88. The van der Waals surface area contributed by atoms with Crippen molar-refractivity contribution in [2.75, 3.05) is 6.54 Å². The van der Waals surface area contributed by atoms with E-state index < -0.39 is 0 Å². The number of benzene rings is 2. The number of aliphatic hydroxyl groups excluding tert-OH is 1. The summed E-state index contributed by atoms with van der Waals surface area (Å²) >= 11 is 0. The highest BCUT2D eigenvalue weighted by Gasteiger charge is 2.40. The molecule has 30 heavy (non-hydrogen) atoms. The van der Waals surface area contributed by atoms with Crippen LogP contribution in [0.1, 0.15) is 54.6 Å². The lowest BCUT2D eigenvalue weighted by Crippen LogP contribution is -2.45. The molecule has 156 valence electrons. The number of hydrogen-bond donors (Lipinski definition) is 1. The van der Waals surface area contributed by atoms with Crippen LogP contribution in [0.3, 0.4) is 0 Å². The van der Waals surface area contributed by atoms with Crippen LogP contribution in [0.2, 0.25) is 0 Å². The molecule has 1 saturated heterocycles. The maximum atomic E-state index is 13.8. The first-order valence-electron chi connectivity index (χ1n) is 11.3. The van der Waals surface area contributed by atoms with E-state index in [1.807, 2.05) is 36.4 Å². The van der Waals surface area contributed by atoms with E-state index >= 15 is 0 Å². The highest BCUT2D eigenvalue weighted by Crippen LogP contribution is 2.36. The normalized spacial score (nSPS) is 24.4. The molecule has 4 nitrogen and oxygen atoms in total. The molecule has 1 aliphatic carbocycles. The summed E-state index contributed by atoms with van der Waals surface area (Å²) in [5, 5.41) is 11.7. The molecule has 1 N–H and O–H groups in total. The topological polar surface area (TPSA) is 45.5 Å². The molecule has 2 aromatic carbocycles. The number of para-hydroxylation sites is 1. The van der Waals surface area contributed by atoms with E-state index in [-0.39, 0.29) is 24.0 Å². The Morgan fingerprint density at radius 2 is 1.70 bits per heavy atom. The molecule has 2 heterocycles. The van der Waals surface area contributed by atoms with Crippen LogP contribution in [0, 0.1) is 5.92 Å². The van der Waals surface area contributed by atoms with Crippen LogP contribution in [0.5, 0.6) is 0 Å². The van der Waals surface area contributed by atoms with Gasteiger partial charge in [0, 0.05) is 36.0 Å². The van der Waals surface area contributed by atoms with Gasteiger partial charge in [-0.05, 0) is 43.4 Å². The van der Waals surface area contributed by atoms with Crippen molar-refractivity contribution in [3.63, 3.8) is 0 Å². The highest BCUT2D eigenvalue weighted by molar-refractivity contribution is 5.99. The Hall–Kier alpha value is -2.59. The second-order valence-electron chi connectivity index (χ2n) is 8.88. The van der Waals surface area contributed by atoms with Gasteiger partial charge in [0.05, 0.1) is 6.10 Å². The number of carbonyl (C=O) groups is 1. The van der Waals surface area contributed by atoms with Crippen LogP contribution in [-0.2, 0) is 6.54 Å². The Bertz CT molecular complexity index is 1030. The summed E-state index contributed by atoms with van der Waals surface area (Å²) in [4.78, 5) is 15.9. The molecule has 5 rings (SSSR count). The lowest BCUT2D eigenvalue weighted by molar-refractivity contribution is 0.0208. The Morgan fingerprint density at radius 1 is 0.933 bits per heavy atom. The van der Waals surface area contributed by atoms with Crippen LogP contribution in [0.4, 0.5) is 0 Å². The number of rotatable bonds is 4. The molecule has 1 saturated carbocycles. The zero-order valence-electron chi connectivity index (χ0n) is 17.4. The summed E-state index contributed by atoms with van der Waals surface area (Å²) in [5.74, 6) is 0.333. The van der Waals surface area contributed by atoms with Crippen LogP contribution in [0.25, 0.3) is 10.9 Å². The van der Waals surface area contributed by atoms with Gasteiger partial charge in [0.1, 0.15) is 5.69 Å². The maximum absolute atomic E-state index is 13.8. The molecule has 0 bridgehead atoms. The summed E-state index contributed by atoms with van der Waals surface area (Å²) in [6.45, 7) is 1.47. The van der Waals surface area contributed by atoms with Gasteiger partial charge in [0.15, 0.2) is 0 Å². The monoisotopic (exact) mass is 402 g/mol.